The molecule has 1 fully saturated rings. The van der Waals surface area contributed by atoms with Gasteiger partial charge in [0.1, 0.15) is 0 Å². The molecule has 2 aromatic rings. The third kappa shape index (κ3) is 6.85. The number of carbonyl (C=O) groups excluding carboxylic acids is 2. The molecule has 0 aliphatic heterocycles. The van der Waals surface area contributed by atoms with E-state index in [4.69, 9.17) is 0 Å². The Morgan fingerprint density at radius 2 is 1.35 bits per heavy atom. The zero-order valence-electron chi connectivity index (χ0n) is 19.2. The van der Waals surface area contributed by atoms with Crippen molar-refractivity contribution < 1.29 is 27.2 Å². The molecule has 4 N–H and O–H groups in total. The molecule has 2 aromatic carbocycles. The van der Waals surface area contributed by atoms with Gasteiger partial charge in [0.2, 0.25) is 0 Å². The summed E-state index contributed by atoms with van der Waals surface area (Å²) in [6.45, 7) is 6.41. The highest BCUT2D eigenvalue weighted by molar-refractivity contribution is 5.90. The van der Waals surface area contributed by atoms with Crippen molar-refractivity contribution in [3.8, 4) is 0 Å². The van der Waals surface area contributed by atoms with Gasteiger partial charge in [-0.05, 0) is 54.4 Å². The lowest BCUT2D eigenvalue weighted by atomic mass is 9.62. The monoisotopic (exact) mass is 480 g/mol. The van der Waals surface area contributed by atoms with Gasteiger partial charge in [-0.2, -0.15) is 0 Å². The largest absolute Gasteiger partial charge is 0.337 e. The van der Waals surface area contributed by atoms with E-state index in [0.29, 0.717) is 12.8 Å². The number of benzene rings is 2. The molecule has 0 heterocycles. The summed E-state index contributed by atoms with van der Waals surface area (Å²) >= 11 is 0. The molecule has 0 spiro atoms. The third-order valence-corrected chi connectivity index (χ3v) is 5.81. The Hall–Kier alpha value is -3.30. The van der Waals surface area contributed by atoms with E-state index in [9.17, 15) is 27.2 Å². The molecule has 3 rings (SSSR count). The first kappa shape index (κ1) is 25.3. The van der Waals surface area contributed by atoms with Gasteiger partial charge in [0, 0.05) is 36.1 Å². The summed E-state index contributed by atoms with van der Waals surface area (Å²) in [4.78, 5) is 24.7. The molecule has 0 bridgehead atoms. The second-order valence-electron chi connectivity index (χ2n) is 9.92. The number of hydrogen-bond acceptors (Lipinski definition) is 2. The SMILES string of the molecule is CC1(C)C[C@H](NC(=O)Nc2ccc(F)c(F)c2)C[C@](C)(CNC(=O)Nc2ccc(F)c(F)c2)C1. The van der Waals surface area contributed by atoms with Gasteiger partial charge in [0.15, 0.2) is 23.3 Å². The van der Waals surface area contributed by atoms with Crippen LogP contribution < -0.4 is 21.3 Å². The van der Waals surface area contributed by atoms with E-state index in [2.05, 4.69) is 35.1 Å². The minimum atomic E-state index is -1.06. The van der Waals surface area contributed by atoms with Gasteiger partial charge in [-0.15, -0.1) is 0 Å². The molecule has 6 nitrogen and oxygen atoms in total. The second-order valence-corrected chi connectivity index (χ2v) is 9.92. The Morgan fingerprint density at radius 1 is 0.824 bits per heavy atom. The maximum absolute atomic E-state index is 13.4. The maximum Gasteiger partial charge on any atom is 0.319 e. The van der Waals surface area contributed by atoms with Crippen LogP contribution in [0.2, 0.25) is 0 Å². The zero-order valence-corrected chi connectivity index (χ0v) is 19.2. The quantitative estimate of drug-likeness (QED) is 0.410. The first-order valence-corrected chi connectivity index (χ1v) is 10.9. The molecule has 10 heteroatoms. The molecule has 4 amide bonds. The number of rotatable bonds is 5. The number of nitrogens with one attached hydrogen (secondary N) is 4. The summed E-state index contributed by atoms with van der Waals surface area (Å²) in [6, 6.07) is 4.86. The minimum absolute atomic E-state index is 0.124. The molecule has 0 saturated heterocycles. The number of amides is 4. The Labute approximate surface area is 195 Å². The van der Waals surface area contributed by atoms with Crippen molar-refractivity contribution in [2.45, 2.75) is 46.1 Å². The van der Waals surface area contributed by atoms with Crippen molar-refractivity contribution >= 4 is 23.4 Å². The Kier molecular flexibility index (Phi) is 7.38. The summed E-state index contributed by atoms with van der Waals surface area (Å²) in [5.41, 5.74) is -0.262. The first-order valence-electron chi connectivity index (χ1n) is 10.9. The highest BCUT2D eigenvalue weighted by atomic mass is 19.2. The van der Waals surface area contributed by atoms with Gasteiger partial charge in [-0.3, -0.25) is 0 Å². The van der Waals surface area contributed by atoms with Crippen LogP contribution in [0.4, 0.5) is 38.5 Å². The van der Waals surface area contributed by atoms with Gasteiger partial charge in [0.25, 0.3) is 0 Å². The van der Waals surface area contributed by atoms with Crippen molar-refractivity contribution in [3.05, 3.63) is 59.7 Å². The van der Waals surface area contributed by atoms with E-state index in [1.807, 2.05) is 6.92 Å². The van der Waals surface area contributed by atoms with Crippen LogP contribution in [-0.4, -0.2) is 24.6 Å². The number of anilines is 2. The molecule has 34 heavy (non-hydrogen) atoms. The van der Waals surface area contributed by atoms with Gasteiger partial charge < -0.3 is 21.3 Å². The molecule has 2 atom stereocenters. The second kappa shape index (κ2) is 9.90. The zero-order chi connectivity index (χ0) is 25.1. The minimum Gasteiger partial charge on any atom is -0.337 e. The summed E-state index contributed by atoms with van der Waals surface area (Å²) in [7, 11) is 0. The van der Waals surface area contributed by atoms with Crippen molar-refractivity contribution in [1.29, 1.82) is 0 Å². The maximum atomic E-state index is 13.4. The third-order valence-electron chi connectivity index (χ3n) is 5.81. The summed E-state index contributed by atoms with van der Waals surface area (Å²) in [6.07, 6.45) is 2.02. The fourth-order valence-electron chi connectivity index (χ4n) is 4.84. The van der Waals surface area contributed by atoms with Gasteiger partial charge in [0.05, 0.1) is 0 Å². The lowest BCUT2D eigenvalue weighted by Crippen LogP contribution is -2.51. The van der Waals surface area contributed by atoms with E-state index >= 15 is 0 Å². The molecule has 184 valence electrons. The molecule has 1 aliphatic carbocycles. The number of carbonyl (C=O) groups is 2. The smallest absolute Gasteiger partial charge is 0.319 e. The molecule has 1 saturated carbocycles. The Bertz CT molecular complexity index is 1080. The van der Waals surface area contributed by atoms with Crippen LogP contribution in [0.15, 0.2) is 36.4 Å². The number of halogens is 4. The van der Waals surface area contributed by atoms with Crippen molar-refractivity contribution in [2.75, 3.05) is 17.2 Å². The van der Waals surface area contributed by atoms with Gasteiger partial charge in [-0.1, -0.05) is 20.8 Å². The molecule has 0 radical (unpaired) electrons. The lowest BCUT2D eigenvalue weighted by molar-refractivity contribution is 0.0761. The van der Waals surface area contributed by atoms with Crippen LogP contribution in [0.1, 0.15) is 40.0 Å². The highest BCUT2D eigenvalue weighted by Crippen LogP contribution is 2.45. The van der Waals surface area contributed by atoms with Crippen LogP contribution in [0, 0.1) is 34.1 Å². The van der Waals surface area contributed by atoms with Crippen LogP contribution in [0.25, 0.3) is 0 Å². The molecule has 1 aliphatic rings. The predicted octanol–water partition coefficient (Wildman–Crippen LogP) is 5.77. The average Bonchev–Trinajstić information content (AvgIpc) is 2.70. The highest BCUT2D eigenvalue weighted by Gasteiger charge is 2.41. The fraction of sp³-hybridized carbons (Fsp3) is 0.417. The van der Waals surface area contributed by atoms with Gasteiger partial charge >= 0.3 is 12.1 Å². The van der Waals surface area contributed by atoms with Crippen molar-refractivity contribution in [2.24, 2.45) is 10.8 Å². The molecule has 0 aromatic heterocycles. The number of urea groups is 2. The predicted molar refractivity (Wildman–Crippen MR) is 121 cm³/mol. The Balaban J connectivity index is 1.58. The van der Waals surface area contributed by atoms with Crippen LogP contribution in [-0.2, 0) is 0 Å². The van der Waals surface area contributed by atoms with Crippen LogP contribution in [0.5, 0.6) is 0 Å². The fourth-order valence-corrected chi connectivity index (χ4v) is 4.84. The van der Waals surface area contributed by atoms with Gasteiger partial charge in [-0.25, -0.2) is 27.2 Å². The molecular formula is C24H28F4N4O2. The topological polar surface area (TPSA) is 82.3 Å². The normalized spacial score (nSPS) is 21.4. The summed E-state index contributed by atoms with van der Waals surface area (Å²) < 4.78 is 52.9. The van der Waals surface area contributed by atoms with Crippen LogP contribution in [0.3, 0.4) is 0 Å². The molecule has 0 unspecified atom stereocenters. The summed E-state index contributed by atoms with van der Waals surface area (Å²) in [5.74, 6) is -4.13. The summed E-state index contributed by atoms with van der Waals surface area (Å²) in [5, 5.41) is 10.6. The Morgan fingerprint density at radius 3 is 1.88 bits per heavy atom. The van der Waals surface area contributed by atoms with E-state index in [1.165, 1.54) is 12.1 Å². The average molecular weight is 481 g/mol. The van der Waals surface area contributed by atoms with Crippen molar-refractivity contribution in [3.63, 3.8) is 0 Å². The molecular weight excluding hydrogens is 452 g/mol. The standard InChI is InChI=1S/C24H28F4N4O2/c1-23(2)10-16(32-22(34)31-15-5-7-18(26)20(28)9-15)11-24(3,12-23)13-29-21(33)30-14-4-6-17(25)19(27)8-14/h4-9,16H,10-13H2,1-3H3,(H2,29,30,33)(H2,31,32,34)/t16-,24-/m0/s1. The van der Waals surface area contributed by atoms with E-state index < -0.39 is 35.3 Å². The van der Waals surface area contributed by atoms with E-state index in [-0.39, 0.29) is 34.8 Å². The van der Waals surface area contributed by atoms with Crippen LogP contribution >= 0.6 is 0 Å². The van der Waals surface area contributed by atoms with E-state index in [0.717, 1.165) is 30.7 Å². The number of hydrogen-bond donors (Lipinski definition) is 4. The van der Waals surface area contributed by atoms with Crippen molar-refractivity contribution in [1.82, 2.24) is 10.6 Å². The first-order chi connectivity index (χ1) is 15.8. The lowest BCUT2D eigenvalue weighted by Gasteiger charge is -2.46. The van der Waals surface area contributed by atoms with E-state index in [1.54, 1.807) is 0 Å².